The lowest BCUT2D eigenvalue weighted by Crippen LogP contribution is -1.99. The Morgan fingerprint density at radius 1 is 1.16 bits per heavy atom. The Bertz CT molecular complexity index is 642. The summed E-state index contributed by atoms with van der Waals surface area (Å²) in [6.07, 6.45) is 1.86. The molecule has 0 unspecified atom stereocenters. The Morgan fingerprint density at radius 2 is 2.00 bits per heavy atom. The highest BCUT2D eigenvalue weighted by Crippen LogP contribution is 2.26. The second-order valence-corrected chi connectivity index (χ2v) is 5.97. The summed E-state index contributed by atoms with van der Waals surface area (Å²) in [5.74, 6) is 0. The molecule has 19 heavy (non-hydrogen) atoms. The molecule has 0 bridgehead atoms. The minimum absolute atomic E-state index is 0.748. The lowest BCUT2D eigenvalue weighted by atomic mass is 10.2. The number of benzene rings is 1. The Hall–Kier alpha value is -1.72. The monoisotopic (exact) mass is 287 g/mol. The molecule has 1 aromatic carbocycles. The molecular weight excluding hydrogens is 274 g/mol. The molecule has 3 nitrogen and oxygen atoms in total. The maximum atomic E-state index is 4.61. The van der Waals surface area contributed by atoms with Crippen LogP contribution in [0.15, 0.2) is 41.4 Å². The topological polar surface area (TPSA) is 37.8 Å². The predicted octanol–water partition coefficient (Wildman–Crippen LogP) is 4.19. The summed E-state index contributed by atoms with van der Waals surface area (Å²) in [5.41, 5.74) is 5.29. The standard InChI is InChI=1S/C14H13N3S2/c1-10-2-4-11(5-3-10)16-6-12-8-18-14(17-12)13-7-15-9-19-13/h2-5,7-9,16H,6H2,1H3. The normalized spacial score (nSPS) is 10.6. The Kier molecular flexibility index (Phi) is 3.57. The van der Waals surface area contributed by atoms with Crippen molar-refractivity contribution in [1.29, 1.82) is 0 Å². The Labute approximate surface area is 120 Å². The smallest absolute Gasteiger partial charge is 0.135 e. The minimum Gasteiger partial charge on any atom is -0.379 e. The van der Waals surface area contributed by atoms with Crippen molar-refractivity contribution in [2.24, 2.45) is 0 Å². The van der Waals surface area contributed by atoms with Crippen molar-refractivity contribution in [3.8, 4) is 9.88 Å². The van der Waals surface area contributed by atoms with Crippen LogP contribution in [0.2, 0.25) is 0 Å². The fourth-order valence-electron chi connectivity index (χ4n) is 1.69. The molecule has 2 heterocycles. The van der Waals surface area contributed by atoms with Crippen LogP contribution >= 0.6 is 22.7 Å². The lowest BCUT2D eigenvalue weighted by Gasteiger charge is -2.04. The molecule has 3 rings (SSSR count). The zero-order chi connectivity index (χ0) is 13.1. The highest BCUT2D eigenvalue weighted by Gasteiger charge is 2.05. The SMILES string of the molecule is Cc1ccc(NCc2csc(-c3cncs3)n2)cc1. The first-order valence-corrected chi connectivity index (χ1v) is 7.71. The maximum Gasteiger partial charge on any atom is 0.135 e. The highest BCUT2D eigenvalue weighted by atomic mass is 32.1. The Morgan fingerprint density at radius 3 is 2.74 bits per heavy atom. The summed E-state index contributed by atoms with van der Waals surface area (Å²) < 4.78 is 0. The molecule has 3 aromatic rings. The van der Waals surface area contributed by atoms with Gasteiger partial charge in [-0.1, -0.05) is 17.7 Å². The van der Waals surface area contributed by atoms with Crippen LogP contribution in [0.1, 0.15) is 11.3 Å². The van der Waals surface area contributed by atoms with Crippen LogP contribution in [-0.2, 0) is 6.54 Å². The van der Waals surface area contributed by atoms with Crippen LogP contribution in [-0.4, -0.2) is 9.97 Å². The molecule has 0 radical (unpaired) electrons. The first kappa shape index (κ1) is 12.3. The molecule has 0 aliphatic carbocycles. The number of hydrogen-bond acceptors (Lipinski definition) is 5. The number of nitrogens with one attached hydrogen (secondary N) is 1. The molecule has 0 fully saturated rings. The second kappa shape index (κ2) is 5.50. The van der Waals surface area contributed by atoms with E-state index in [4.69, 9.17) is 0 Å². The van der Waals surface area contributed by atoms with Crippen LogP contribution < -0.4 is 5.32 Å². The molecule has 2 aromatic heterocycles. The van der Waals surface area contributed by atoms with Crippen molar-refractivity contribution in [3.05, 3.63) is 52.6 Å². The number of aryl methyl sites for hydroxylation is 1. The van der Waals surface area contributed by atoms with E-state index in [0.717, 1.165) is 27.8 Å². The third-order valence-corrected chi connectivity index (χ3v) is 4.55. The van der Waals surface area contributed by atoms with Crippen LogP contribution in [0.4, 0.5) is 5.69 Å². The quantitative estimate of drug-likeness (QED) is 0.782. The van der Waals surface area contributed by atoms with E-state index in [1.165, 1.54) is 5.56 Å². The van der Waals surface area contributed by atoms with Crippen LogP contribution in [0, 0.1) is 6.92 Å². The first-order valence-electron chi connectivity index (χ1n) is 5.95. The number of thiazole rings is 2. The van der Waals surface area contributed by atoms with Crippen molar-refractivity contribution in [1.82, 2.24) is 9.97 Å². The average Bonchev–Trinajstić information content (AvgIpc) is 3.09. The van der Waals surface area contributed by atoms with Crippen LogP contribution in [0.3, 0.4) is 0 Å². The molecule has 5 heteroatoms. The fraction of sp³-hybridized carbons (Fsp3) is 0.143. The molecule has 0 aliphatic heterocycles. The van der Waals surface area contributed by atoms with Gasteiger partial charge in [-0.2, -0.15) is 0 Å². The molecular formula is C14H13N3S2. The molecule has 0 aliphatic rings. The predicted molar refractivity (Wildman–Crippen MR) is 81.7 cm³/mol. The van der Waals surface area contributed by atoms with Crippen molar-refractivity contribution >= 4 is 28.4 Å². The van der Waals surface area contributed by atoms with Gasteiger partial charge in [0, 0.05) is 17.3 Å². The van der Waals surface area contributed by atoms with E-state index < -0.39 is 0 Å². The van der Waals surface area contributed by atoms with Crippen molar-refractivity contribution in [2.45, 2.75) is 13.5 Å². The van der Waals surface area contributed by atoms with Gasteiger partial charge < -0.3 is 5.32 Å². The number of rotatable bonds is 4. The van der Waals surface area contributed by atoms with Gasteiger partial charge in [-0.05, 0) is 19.1 Å². The number of nitrogens with zero attached hydrogens (tertiary/aromatic N) is 2. The van der Waals surface area contributed by atoms with Gasteiger partial charge in [0.2, 0.25) is 0 Å². The van der Waals surface area contributed by atoms with E-state index in [9.17, 15) is 0 Å². The third-order valence-electron chi connectivity index (χ3n) is 2.72. The lowest BCUT2D eigenvalue weighted by molar-refractivity contribution is 1.08. The zero-order valence-corrected chi connectivity index (χ0v) is 12.1. The van der Waals surface area contributed by atoms with Gasteiger partial charge in [0.15, 0.2) is 0 Å². The Balaban J connectivity index is 1.66. The molecule has 0 atom stereocenters. The molecule has 1 N–H and O–H groups in total. The van der Waals surface area contributed by atoms with Crippen molar-refractivity contribution in [3.63, 3.8) is 0 Å². The van der Waals surface area contributed by atoms with E-state index in [2.05, 4.69) is 51.9 Å². The minimum atomic E-state index is 0.748. The molecule has 0 amide bonds. The van der Waals surface area contributed by atoms with Gasteiger partial charge in [-0.25, -0.2) is 4.98 Å². The van der Waals surface area contributed by atoms with Crippen LogP contribution in [0.5, 0.6) is 0 Å². The summed E-state index contributed by atoms with van der Waals surface area (Å²) >= 11 is 3.29. The van der Waals surface area contributed by atoms with E-state index in [1.54, 1.807) is 22.7 Å². The largest absolute Gasteiger partial charge is 0.379 e. The molecule has 96 valence electrons. The fourth-order valence-corrected chi connectivity index (χ4v) is 3.20. The van der Waals surface area contributed by atoms with Crippen molar-refractivity contribution < 1.29 is 0 Å². The first-order chi connectivity index (χ1) is 9.31. The zero-order valence-electron chi connectivity index (χ0n) is 10.5. The number of hydrogen-bond donors (Lipinski definition) is 1. The summed E-state index contributed by atoms with van der Waals surface area (Å²) in [6, 6.07) is 8.38. The second-order valence-electron chi connectivity index (χ2n) is 4.23. The van der Waals surface area contributed by atoms with Gasteiger partial charge in [-0.15, -0.1) is 22.7 Å². The van der Waals surface area contributed by atoms with Gasteiger partial charge >= 0.3 is 0 Å². The van der Waals surface area contributed by atoms with Gasteiger partial charge in [0.05, 0.1) is 22.6 Å². The van der Waals surface area contributed by atoms with E-state index in [-0.39, 0.29) is 0 Å². The maximum absolute atomic E-state index is 4.61. The van der Waals surface area contributed by atoms with Gasteiger partial charge in [-0.3, -0.25) is 4.98 Å². The number of anilines is 1. The molecule has 0 saturated carbocycles. The molecule has 0 saturated heterocycles. The summed E-state index contributed by atoms with van der Waals surface area (Å²) in [4.78, 5) is 9.82. The highest BCUT2D eigenvalue weighted by molar-refractivity contribution is 7.19. The van der Waals surface area contributed by atoms with Gasteiger partial charge in [0.25, 0.3) is 0 Å². The van der Waals surface area contributed by atoms with E-state index in [1.807, 2.05) is 11.7 Å². The summed E-state index contributed by atoms with van der Waals surface area (Å²) in [7, 11) is 0. The average molecular weight is 287 g/mol. The summed E-state index contributed by atoms with van der Waals surface area (Å²) in [5, 5.41) is 6.52. The van der Waals surface area contributed by atoms with Crippen molar-refractivity contribution in [2.75, 3.05) is 5.32 Å². The van der Waals surface area contributed by atoms with E-state index >= 15 is 0 Å². The van der Waals surface area contributed by atoms with Crippen LogP contribution in [0.25, 0.3) is 9.88 Å². The third kappa shape index (κ3) is 3.00. The molecule has 0 spiro atoms. The van der Waals surface area contributed by atoms with E-state index in [0.29, 0.717) is 0 Å². The number of aromatic nitrogens is 2. The summed E-state index contributed by atoms with van der Waals surface area (Å²) in [6.45, 7) is 2.84. The van der Waals surface area contributed by atoms with Gasteiger partial charge in [0.1, 0.15) is 5.01 Å².